The number of hydrogen-bond donors (Lipinski definition) is 1. The molecule has 2 aliphatic rings. The topological polar surface area (TPSA) is 63.7 Å². The van der Waals surface area contributed by atoms with Gasteiger partial charge in [-0.25, -0.2) is 4.79 Å². The predicted molar refractivity (Wildman–Crippen MR) is 78.7 cm³/mol. The molecule has 1 unspecified atom stereocenters. The number of pyridine rings is 1. The third kappa shape index (κ3) is 2.97. The van der Waals surface area contributed by atoms with Crippen LogP contribution in [0.1, 0.15) is 12.0 Å². The average molecular weight is 312 g/mol. The smallest absolute Gasteiger partial charge is 0.322 e. The molecule has 114 valence electrons. The number of hydrogen-bond acceptors (Lipinski definition) is 4. The number of rotatable bonds is 1. The van der Waals surface area contributed by atoms with E-state index in [1.54, 1.807) is 17.3 Å². The molecule has 0 bridgehead atoms. The van der Waals surface area contributed by atoms with Crippen LogP contribution in [0, 0.1) is 6.92 Å². The molecule has 2 saturated heterocycles. The predicted octanol–water partition coefficient (Wildman–Crippen LogP) is 2.07. The molecule has 1 spiro atoms. The zero-order valence-electron chi connectivity index (χ0n) is 11.9. The van der Waals surface area contributed by atoms with Crippen LogP contribution in [0.25, 0.3) is 0 Å². The highest BCUT2D eigenvalue weighted by atomic mass is 35.5. The molecular formula is C14H18ClN3O3. The van der Waals surface area contributed by atoms with Crippen molar-refractivity contribution in [3.05, 3.63) is 23.0 Å². The molecule has 0 aliphatic carbocycles. The molecule has 1 N–H and O–H groups in total. The number of nitrogens with one attached hydrogen (secondary N) is 1. The van der Waals surface area contributed by atoms with E-state index in [0.717, 1.165) is 12.0 Å². The molecule has 0 aromatic carbocycles. The van der Waals surface area contributed by atoms with Gasteiger partial charge in [-0.1, -0.05) is 11.6 Å². The quantitative estimate of drug-likeness (QED) is 0.862. The number of nitrogens with zero attached hydrogens (tertiary/aromatic N) is 2. The van der Waals surface area contributed by atoms with Gasteiger partial charge in [-0.05, 0) is 12.5 Å². The summed E-state index contributed by atoms with van der Waals surface area (Å²) in [6.45, 7) is 4.74. The second kappa shape index (κ2) is 5.79. The van der Waals surface area contributed by atoms with Crippen molar-refractivity contribution in [2.75, 3.05) is 38.2 Å². The summed E-state index contributed by atoms with van der Waals surface area (Å²) in [6.07, 6.45) is 3.99. The van der Waals surface area contributed by atoms with Crippen LogP contribution in [0.3, 0.4) is 0 Å². The van der Waals surface area contributed by atoms with Crippen molar-refractivity contribution in [1.29, 1.82) is 0 Å². The van der Waals surface area contributed by atoms with Gasteiger partial charge in [0.25, 0.3) is 0 Å². The Hall–Kier alpha value is -1.37. The number of urea groups is 1. The van der Waals surface area contributed by atoms with E-state index in [1.165, 1.54) is 0 Å². The van der Waals surface area contributed by atoms with Gasteiger partial charge in [-0.3, -0.25) is 4.98 Å². The summed E-state index contributed by atoms with van der Waals surface area (Å²) >= 11 is 6.02. The van der Waals surface area contributed by atoms with Crippen LogP contribution < -0.4 is 5.32 Å². The van der Waals surface area contributed by atoms with Crippen LogP contribution in [0.15, 0.2) is 12.4 Å². The molecule has 21 heavy (non-hydrogen) atoms. The van der Waals surface area contributed by atoms with Gasteiger partial charge in [0.2, 0.25) is 0 Å². The van der Waals surface area contributed by atoms with Gasteiger partial charge in [0, 0.05) is 25.8 Å². The highest BCUT2D eigenvalue weighted by Gasteiger charge is 2.41. The van der Waals surface area contributed by atoms with Crippen molar-refractivity contribution >= 4 is 23.3 Å². The minimum absolute atomic E-state index is 0.156. The van der Waals surface area contributed by atoms with Gasteiger partial charge in [0.1, 0.15) is 5.60 Å². The van der Waals surface area contributed by atoms with E-state index in [0.29, 0.717) is 43.6 Å². The Kier molecular flexibility index (Phi) is 4.01. The normalized spacial score (nSPS) is 25.3. The van der Waals surface area contributed by atoms with Gasteiger partial charge in [-0.2, -0.15) is 0 Å². The van der Waals surface area contributed by atoms with E-state index in [1.807, 2.05) is 6.92 Å². The molecule has 1 aromatic rings. The van der Waals surface area contributed by atoms with Crippen LogP contribution in [0.2, 0.25) is 5.02 Å². The summed E-state index contributed by atoms with van der Waals surface area (Å²) < 4.78 is 11.2. The Morgan fingerprint density at radius 1 is 1.48 bits per heavy atom. The van der Waals surface area contributed by atoms with Crippen LogP contribution >= 0.6 is 11.6 Å². The lowest BCUT2D eigenvalue weighted by Gasteiger charge is -2.39. The fourth-order valence-corrected chi connectivity index (χ4v) is 2.82. The van der Waals surface area contributed by atoms with E-state index < -0.39 is 0 Å². The molecule has 1 aromatic heterocycles. The zero-order chi connectivity index (χ0) is 14.9. The minimum Gasteiger partial charge on any atom is -0.378 e. The Balaban J connectivity index is 1.69. The van der Waals surface area contributed by atoms with Crippen molar-refractivity contribution < 1.29 is 14.3 Å². The number of ether oxygens (including phenoxy) is 2. The van der Waals surface area contributed by atoms with Crippen LogP contribution in [-0.4, -0.2) is 54.4 Å². The summed E-state index contributed by atoms with van der Waals surface area (Å²) in [6, 6.07) is -0.156. The summed E-state index contributed by atoms with van der Waals surface area (Å²) in [5.74, 6) is 0. The lowest BCUT2D eigenvalue weighted by atomic mass is 10.0. The monoisotopic (exact) mass is 311 g/mol. The first-order valence-corrected chi connectivity index (χ1v) is 7.35. The molecule has 2 amide bonds. The Labute approximate surface area is 128 Å². The lowest BCUT2D eigenvalue weighted by molar-refractivity contribution is -0.0964. The van der Waals surface area contributed by atoms with E-state index in [-0.39, 0.29) is 11.6 Å². The number of amides is 2. The minimum atomic E-state index is -0.336. The fourth-order valence-electron chi connectivity index (χ4n) is 2.67. The van der Waals surface area contributed by atoms with Crippen molar-refractivity contribution in [2.24, 2.45) is 0 Å². The van der Waals surface area contributed by atoms with Crippen molar-refractivity contribution in [2.45, 2.75) is 18.9 Å². The Morgan fingerprint density at radius 2 is 2.33 bits per heavy atom. The first-order valence-electron chi connectivity index (χ1n) is 6.97. The molecule has 7 heteroatoms. The summed E-state index contributed by atoms with van der Waals surface area (Å²) in [7, 11) is 0. The van der Waals surface area contributed by atoms with E-state index in [2.05, 4.69) is 10.3 Å². The molecule has 3 rings (SSSR count). The third-order valence-electron chi connectivity index (χ3n) is 4.00. The van der Waals surface area contributed by atoms with E-state index >= 15 is 0 Å². The second-order valence-electron chi connectivity index (χ2n) is 5.48. The van der Waals surface area contributed by atoms with Crippen LogP contribution in [0.5, 0.6) is 0 Å². The largest absolute Gasteiger partial charge is 0.378 e. The van der Waals surface area contributed by atoms with Crippen LogP contribution in [-0.2, 0) is 9.47 Å². The third-order valence-corrected chi connectivity index (χ3v) is 4.38. The number of morpholine rings is 1. The molecular weight excluding hydrogens is 294 g/mol. The molecule has 1 atom stereocenters. The maximum Gasteiger partial charge on any atom is 0.322 e. The van der Waals surface area contributed by atoms with Gasteiger partial charge in [0.05, 0.1) is 36.7 Å². The molecule has 2 aliphatic heterocycles. The van der Waals surface area contributed by atoms with Crippen molar-refractivity contribution in [1.82, 2.24) is 9.88 Å². The zero-order valence-corrected chi connectivity index (χ0v) is 12.7. The summed E-state index contributed by atoms with van der Waals surface area (Å²) in [5.41, 5.74) is 1.11. The van der Waals surface area contributed by atoms with Crippen molar-refractivity contribution in [3.8, 4) is 0 Å². The Morgan fingerprint density at radius 3 is 3.10 bits per heavy atom. The first kappa shape index (κ1) is 14.6. The van der Waals surface area contributed by atoms with E-state index in [4.69, 9.17) is 21.1 Å². The molecule has 0 saturated carbocycles. The second-order valence-corrected chi connectivity index (χ2v) is 5.89. The summed E-state index contributed by atoms with van der Waals surface area (Å²) in [4.78, 5) is 18.2. The molecule has 0 radical (unpaired) electrons. The molecule has 6 nitrogen and oxygen atoms in total. The standard InChI is InChI=1S/C14H18ClN3O3/c1-10-11(15)6-16-7-12(10)17-13(19)18-3-5-21-14(8-18)2-4-20-9-14/h6-7H,2-5,8-9H2,1H3,(H,17,19). The van der Waals surface area contributed by atoms with Gasteiger partial charge in [-0.15, -0.1) is 0 Å². The Bertz CT molecular complexity index is 546. The average Bonchev–Trinajstić information content (AvgIpc) is 2.92. The maximum atomic E-state index is 12.4. The number of anilines is 1. The summed E-state index contributed by atoms with van der Waals surface area (Å²) in [5, 5.41) is 3.41. The van der Waals surface area contributed by atoms with Crippen molar-refractivity contribution in [3.63, 3.8) is 0 Å². The highest BCUT2D eigenvalue weighted by molar-refractivity contribution is 6.31. The van der Waals surface area contributed by atoms with Gasteiger partial charge in [0.15, 0.2) is 0 Å². The van der Waals surface area contributed by atoms with Gasteiger partial charge < -0.3 is 19.7 Å². The number of carbonyl (C=O) groups is 1. The fraction of sp³-hybridized carbons (Fsp3) is 0.571. The first-order chi connectivity index (χ1) is 10.1. The lowest BCUT2D eigenvalue weighted by Crippen LogP contribution is -2.55. The highest BCUT2D eigenvalue weighted by Crippen LogP contribution is 2.28. The molecule has 3 heterocycles. The van der Waals surface area contributed by atoms with Crippen LogP contribution in [0.4, 0.5) is 10.5 Å². The SMILES string of the molecule is Cc1c(Cl)cncc1NC(=O)N1CCOC2(CCOC2)C1. The number of halogens is 1. The van der Waals surface area contributed by atoms with E-state index in [9.17, 15) is 4.79 Å². The number of aromatic nitrogens is 1. The number of carbonyl (C=O) groups excluding carboxylic acids is 1. The maximum absolute atomic E-state index is 12.4. The van der Waals surface area contributed by atoms with Gasteiger partial charge >= 0.3 is 6.03 Å². The molecule has 2 fully saturated rings.